The molecule has 0 bridgehead atoms. The number of ether oxygens (including phenoxy) is 1. The second kappa shape index (κ2) is 5.71. The van der Waals surface area contributed by atoms with Crippen molar-refractivity contribution >= 4 is 17.4 Å². The topological polar surface area (TPSA) is 26.3 Å². The number of halogens is 2. The lowest BCUT2D eigenvalue weighted by Gasteiger charge is -2.06. The summed E-state index contributed by atoms with van der Waals surface area (Å²) in [7, 11) is 0. The van der Waals surface area contributed by atoms with E-state index in [-0.39, 0.29) is 23.2 Å². The summed E-state index contributed by atoms with van der Waals surface area (Å²) in [5.74, 6) is -0.646. The Labute approximate surface area is 93.0 Å². The summed E-state index contributed by atoms with van der Waals surface area (Å²) in [5, 5.41) is -0.00422. The first-order valence-corrected chi connectivity index (χ1v) is 5.11. The Morgan fingerprint density at radius 2 is 2.27 bits per heavy atom. The van der Waals surface area contributed by atoms with Gasteiger partial charge in [0.25, 0.3) is 0 Å². The van der Waals surface area contributed by atoms with Crippen molar-refractivity contribution in [2.75, 3.05) is 6.61 Å². The second-order valence-corrected chi connectivity index (χ2v) is 3.54. The van der Waals surface area contributed by atoms with Gasteiger partial charge in [-0.15, -0.1) is 0 Å². The van der Waals surface area contributed by atoms with Gasteiger partial charge in [0.05, 0.1) is 5.02 Å². The number of ketones is 1. The number of rotatable bonds is 5. The molecule has 2 nitrogen and oxygen atoms in total. The molecule has 0 amide bonds. The Kier molecular flexibility index (Phi) is 4.56. The first-order chi connectivity index (χ1) is 7.15. The van der Waals surface area contributed by atoms with Crippen molar-refractivity contribution in [3.63, 3.8) is 0 Å². The fraction of sp³-hybridized carbons (Fsp3) is 0.364. The monoisotopic (exact) mass is 230 g/mol. The van der Waals surface area contributed by atoms with Gasteiger partial charge in [-0.2, -0.15) is 0 Å². The highest BCUT2D eigenvalue weighted by molar-refractivity contribution is 6.30. The molecular weight excluding hydrogens is 219 g/mol. The van der Waals surface area contributed by atoms with Crippen molar-refractivity contribution in [3.05, 3.63) is 29.0 Å². The first-order valence-electron chi connectivity index (χ1n) is 4.73. The first kappa shape index (κ1) is 12.0. The van der Waals surface area contributed by atoms with E-state index < -0.39 is 5.82 Å². The van der Waals surface area contributed by atoms with E-state index in [2.05, 4.69) is 0 Å². The summed E-state index contributed by atoms with van der Waals surface area (Å²) in [6.07, 6.45) is 1.21. The van der Waals surface area contributed by atoms with Crippen LogP contribution in [0.25, 0.3) is 0 Å². The molecule has 1 aromatic carbocycles. The van der Waals surface area contributed by atoms with Crippen LogP contribution in [0.5, 0.6) is 5.75 Å². The zero-order valence-corrected chi connectivity index (χ0v) is 9.18. The van der Waals surface area contributed by atoms with E-state index in [1.54, 1.807) is 6.07 Å². The van der Waals surface area contributed by atoms with Gasteiger partial charge in [-0.3, -0.25) is 4.79 Å². The van der Waals surface area contributed by atoms with Gasteiger partial charge in [0.15, 0.2) is 17.3 Å². The molecule has 0 radical (unpaired) electrons. The Hall–Kier alpha value is -1.09. The van der Waals surface area contributed by atoms with Crippen LogP contribution in [-0.4, -0.2) is 12.4 Å². The van der Waals surface area contributed by atoms with Crippen LogP contribution >= 0.6 is 11.6 Å². The minimum Gasteiger partial charge on any atom is -0.483 e. The highest BCUT2D eigenvalue weighted by Gasteiger charge is 2.08. The summed E-state index contributed by atoms with van der Waals surface area (Å²) in [6, 6.07) is 4.45. The van der Waals surface area contributed by atoms with Crippen LogP contribution < -0.4 is 4.74 Å². The van der Waals surface area contributed by atoms with E-state index in [0.717, 1.165) is 6.42 Å². The van der Waals surface area contributed by atoms with Gasteiger partial charge in [-0.25, -0.2) is 4.39 Å². The average Bonchev–Trinajstić information content (AvgIpc) is 2.21. The Bertz CT molecular complexity index is 352. The molecule has 15 heavy (non-hydrogen) atoms. The third-order valence-electron chi connectivity index (χ3n) is 1.83. The molecule has 4 heteroatoms. The van der Waals surface area contributed by atoms with Crippen LogP contribution in [0.4, 0.5) is 4.39 Å². The number of benzene rings is 1. The van der Waals surface area contributed by atoms with E-state index in [4.69, 9.17) is 16.3 Å². The Morgan fingerprint density at radius 1 is 1.53 bits per heavy atom. The predicted octanol–water partition coefficient (Wildman–Crippen LogP) is 3.23. The predicted molar refractivity (Wildman–Crippen MR) is 56.8 cm³/mol. The molecular formula is C11H12ClFO2. The normalized spacial score (nSPS) is 10.1. The molecule has 0 saturated carbocycles. The summed E-state index contributed by atoms with van der Waals surface area (Å²) in [6.45, 7) is 1.79. The van der Waals surface area contributed by atoms with Gasteiger partial charge in [0.2, 0.25) is 0 Å². The number of hydrogen-bond acceptors (Lipinski definition) is 2. The number of hydrogen-bond donors (Lipinski definition) is 0. The third-order valence-corrected chi connectivity index (χ3v) is 2.13. The van der Waals surface area contributed by atoms with Crippen molar-refractivity contribution in [3.8, 4) is 5.75 Å². The van der Waals surface area contributed by atoms with Crippen molar-refractivity contribution < 1.29 is 13.9 Å². The van der Waals surface area contributed by atoms with Crippen LogP contribution in [0.1, 0.15) is 19.8 Å². The molecule has 0 heterocycles. The lowest BCUT2D eigenvalue weighted by atomic mass is 10.2. The number of carbonyl (C=O) groups excluding carboxylic acids is 1. The summed E-state index contributed by atoms with van der Waals surface area (Å²) >= 11 is 5.55. The van der Waals surface area contributed by atoms with Gasteiger partial charge in [-0.1, -0.05) is 24.6 Å². The fourth-order valence-electron chi connectivity index (χ4n) is 1.10. The summed E-state index contributed by atoms with van der Waals surface area (Å²) < 4.78 is 18.3. The zero-order chi connectivity index (χ0) is 11.3. The van der Waals surface area contributed by atoms with E-state index in [1.807, 2.05) is 6.92 Å². The fourth-order valence-corrected chi connectivity index (χ4v) is 1.27. The van der Waals surface area contributed by atoms with Gasteiger partial charge in [0.1, 0.15) is 6.61 Å². The maximum Gasteiger partial charge on any atom is 0.183 e. The second-order valence-electron chi connectivity index (χ2n) is 3.13. The average molecular weight is 231 g/mol. The van der Waals surface area contributed by atoms with Crippen LogP contribution in [0.3, 0.4) is 0 Å². The van der Waals surface area contributed by atoms with Crippen molar-refractivity contribution in [2.45, 2.75) is 19.8 Å². The molecule has 0 atom stereocenters. The molecule has 1 aromatic rings. The van der Waals surface area contributed by atoms with Gasteiger partial charge in [-0.05, 0) is 18.6 Å². The van der Waals surface area contributed by atoms with Crippen molar-refractivity contribution in [1.29, 1.82) is 0 Å². The van der Waals surface area contributed by atoms with Crippen LogP contribution in [0.2, 0.25) is 5.02 Å². The molecule has 0 fully saturated rings. The summed E-state index contributed by atoms with van der Waals surface area (Å²) in [5.41, 5.74) is 0. The minimum absolute atomic E-state index is 0.00422. The third kappa shape index (κ3) is 3.51. The lowest BCUT2D eigenvalue weighted by Crippen LogP contribution is -2.11. The standard InChI is InChI=1S/C11H12ClFO2/c1-2-4-8(14)7-15-10-6-3-5-9(12)11(10)13/h3,5-6H,2,4,7H2,1H3. The van der Waals surface area contributed by atoms with Crippen molar-refractivity contribution in [1.82, 2.24) is 0 Å². The van der Waals surface area contributed by atoms with E-state index >= 15 is 0 Å². The Balaban J connectivity index is 2.58. The zero-order valence-electron chi connectivity index (χ0n) is 8.43. The van der Waals surface area contributed by atoms with Gasteiger partial charge < -0.3 is 4.74 Å². The highest BCUT2D eigenvalue weighted by atomic mass is 35.5. The van der Waals surface area contributed by atoms with Crippen LogP contribution in [0.15, 0.2) is 18.2 Å². The quantitative estimate of drug-likeness (QED) is 0.776. The van der Waals surface area contributed by atoms with E-state index in [9.17, 15) is 9.18 Å². The minimum atomic E-state index is -0.622. The largest absolute Gasteiger partial charge is 0.483 e. The summed E-state index contributed by atoms with van der Waals surface area (Å²) in [4.78, 5) is 11.1. The molecule has 0 N–H and O–H groups in total. The molecule has 0 aliphatic heterocycles. The molecule has 0 unspecified atom stereocenters. The molecule has 0 saturated heterocycles. The maximum atomic E-state index is 13.3. The van der Waals surface area contributed by atoms with E-state index in [1.165, 1.54) is 12.1 Å². The molecule has 82 valence electrons. The van der Waals surface area contributed by atoms with E-state index in [0.29, 0.717) is 6.42 Å². The van der Waals surface area contributed by atoms with Crippen molar-refractivity contribution in [2.24, 2.45) is 0 Å². The number of carbonyl (C=O) groups is 1. The molecule has 0 spiro atoms. The smallest absolute Gasteiger partial charge is 0.183 e. The molecule has 0 aromatic heterocycles. The molecule has 1 rings (SSSR count). The highest BCUT2D eigenvalue weighted by Crippen LogP contribution is 2.23. The Morgan fingerprint density at radius 3 is 2.93 bits per heavy atom. The van der Waals surface area contributed by atoms with Crippen LogP contribution in [0, 0.1) is 5.82 Å². The SMILES string of the molecule is CCCC(=O)COc1cccc(Cl)c1F. The molecule has 0 aliphatic carbocycles. The van der Waals surface area contributed by atoms with Crippen LogP contribution in [-0.2, 0) is 4.79 Å². The molecule has 0 aliphatic rings. The maximum absolute atomic E-state index is 13.3. The number of Topliss-reactive ketones (excluding diaryl/α,β-unsaturated/α-hetero) is 1. The van der Waals surface area contributed by atoms with Gasteiger partial charge in [0, 0.05) is 6.42 Å². The van der Waals surface area contributed by atoms with Gasteiger partial charge >= 0.3 is 0 Å². The lowest BCUT2D eigenvalue weighted by molar-refractivity contribution is -0.121.